The van der Waals surface area contributed by atoms with Crippen molar-refractivity contribution >= 4 is 5.96 Å². The minimum Gasteiger partial charge on any atom is -0.357 e. The first-order valence-electron chi connectivity index (χ1n) is 11.3. The van der Waals surface area contributed by atoms with E-state index in [2.05, 4.69) is 53.2 Å². The summed E-state index contributed by atoms with van der Waals surface area (Å²) in [5, 5.41) is 6.93. The van der Waals surface area contributed by atoms with Crippen molar-refractivity contribution in [3.63, 3.8) is 0 Å². The van der Waals surface area contributed by atoms with Crippen molar-refractivity contribution in [1.29, 1.82) is 0 Å². The van der Waals surface area contributed by atoms with Gasteiger partial charge in [0.05, 0.1) is 0 Å². The highest BCUT2D eigenvalue weighted by Gasteiger charge is 2.17. The molecule has 2 N–H and O–H groups in total. The lowest BCUT2D eigenvalue weighted by atomic mass is 10.0. The van der Waals surface area contributed by atoms with E-state index in [-0.39, 0.29) is 0 Å². The molecule has 0 saturated carbocycles. The molecule has 27 heavy (non-hydrogen) atoms. The maximum atomic E-state index is 4.84. The second-order valence-electron chi connectivity index (χ2n) is 8.59. The van der Waals surface area contributed by atoms with Gasteiger partial charge in [-0.1, -0.05) is 13.3 Å². The van der Waals surface area contributed by atoms with Crippen LogP contribution in [0.25, 0.3) is 0 Å². The molecule has 2 fully saturated rings. The monoisotopic (exact) mass is 380 g/mol. The van der Waals surface area contributed by atoms with Gasteiger partial charge in [-0.2, -0.15) is 0 Å². The molecule has 0 bridgehead atoms. The molecule has 6 nitrogen and oxygen atoms in total. The van der Waals surface area contributed by atoms with Crippen LogP contribution in [0.15, 0.2) is 4.99 Å². The molecular formula is C21H44N6. The molecule has 0 aromatic carbocycles. The molecule has 0 spiro atoms. The predicted octanol–water partition coefficient (Wildman–Crippen LogP) is 1.69. The van der Waals surface area contributed by atoms with Gasteiger partial charge in [-0.05, 0) is 52.6 Å². The highest BCUT2D eigenvalue weighted by atomic mass is 15.2. The van der Waals surface area contributed by atoms with Gasteiger partial charge < -0.3 is 25.3 Å². The number of nitrogens with one attached hydrogen (secondary N) is 2. The standard InChI is InChI=1S/C21H44N6/c1-5-22-21(23-10-8-12-27-11-7-6-9-20(27)3)24-17-19(2)18-26-15-13-25(4)14-16-26/h19-20H,5-18H2,1-4H3,(H2,22,23,24). The summed E-state index contributed by atoms with van der Waals surface area (Å²) in [4.78, 5) is 12.5. The summed E-state index contributed by atoms with van der Waals surface area (Å²) in [7, 11) is 2.21. The molecule has 2 saturated heterocycles. The minimum absolute atomic E-state index is 0.595. The average Bonchev–Trinajstić information content (AvgIpc) is 2.66. The second-order valence-corrected chi connectivity index (χ2v) is 8.59. The summed E-state index contributed by atoms with van der Waals surface area (Å²) in [6, 6.07) is 0.760. The smallest absolute Gasteiger partial charge is 0.191 e. The molecule has 2 unspecified atom stereocenters. The molecule has 0 aliphatic carbocycles. The molecule has 0 aromatic heterocycles. The van der Waals surface area contributed by atoms with Crippen LogP contribution in [0.3, 0.4) is 0 Å². The van der Waals surface area contributed by atoms with Crippen molar-refractivity contribution in [1.82, 2.24) is 25.3 Å². The Balaban J connectivity index is 1.65. The van der Waals surface area contributed by atoms with Gasteiger partial charge in [0.25, 0.3) is 0 Å². The van der Waals surface area contributed by atoms with E-state index in [1.807, 2.05) is 0 Å². The first kappa shape index (κ1) is 22.4. The lowest BCUT2D eigenvalue weighted by molar-refractivity contribution is 0.140. The van der Waals surface area contributed by atoms with Crippen molar-refractivity contribution < 1.29 is 0 Å². The number of aliphatic imine (C=N–C) groups is 1. The van der Waals surface area contributed by atoms with E-state index in [1.165, 1.54) is 65.0 Å². The summed E-state index contributed by atoms with van der Waals surface area (Å²) < 4.78 is 0. The Morgan fingerprint density at radius 2 is 1.89 bits per heavy atom. The van der Waals surface area contributed by atoms with Crippen LogP contribution in [0.5, 0.6) is 0 Å². The minimum atomic E-state index is 0.595. The Morgan fingerprint density at radius 3 is 2.59 bits per heavy atom. The molecule has 2 rings (SSSR count). The molecule has 0 radical (unpaired) electrons. The van der Waals surface area contributed by atoms with E-state index in [0.717, 1.165) is 38.2 Å². The van der Waals surface area contributed by atoms with Crippen molar-refractivity contribution in [3.05, 3.63) is 0 Å². The molecule has 0 amide bonds. The predicted molar refractivity (Wildman–Crippen MR) is 117 cm³/mol. The number of guanidine groups is 1. The molecular weight excluding hydrogens is 336 g/mol. The third-order valence-corrected chi connectivity index (χ3v) is 5.93. The second kappa shape index (κ2) is 12.6. The molecule has 6 heteroatoms. The Kier molecular flexibility index (Phi) is 10.5. The Hall–Kier alpha value is -0.850. The zero-order chi connectivity index (χ0) is 19.5. The fraction of sp³-hybridized carbons (Fsp3) is 0.952. The largest absolute Gasteiger partial charge is 0.357 e. The third-order valence-electron chi connectivity index (χ3n) is 5.93. The number of hydrogen-bond donors (Lipinski definition) is 2. The van der Waals surface area contributed by atoms with Gasteiger partial charge in [-0.25, -0.2) is 0 Å². The average molecular weight is 381 g/mol. The highest BCUT2D eigenvalue weighted by molar-refractivity contribution is 5.79. The number of piperazine rings is 1. The van der Waals surface area contributed by atoms with E-state index in [9.17, 15) is 0 Å². The van der Waals surface area contributed by atoms with Crippen molar-refractivity contribution in [2.45, 2.75) is 52.5 Å². The van der Waals surface area contributed by atoms with Crippen molar-refractivity contribution in [3.8, 4) is 0 Å². The number of hydrogen-bond acceptors (Lipinski definition) is 4. The Morgan fingerprint density at radius 1 is 1.11 bits per heavy atom. The number of nitrogens with zero attached hydrogens (tertiary/aromatic N) is 4. The zero-order valence-corrected chi connectivity index (χ0v) is 18.3. The number of rotatable bonds is 9. The fourth-order valence-electron chi connectivity index (χ4n) is 4.10. The SMILES string of the molecule is CCNC(=NCC(C)CN1CCN(C)CC1)NCCCN1CCCCC1C. The van der Waals surface area contributed by atoms with Crippen molar-refractivity contribution in [2.24, 2.45) is 10.9 Å². The topological polar surface area (TPSA) is 46.1 Å². The van der Waals surface area contributed by atoms with Gasteiger partial charge >= 0.3 is 0 Å². The number of likely N-dealkylation sites (tertiary alicyclic amines) is 1. The molecule has 2 atom stereocenters. The highest BCUT2D eigenvalue weighted by Crippen LogP contribution is 2.16. The van der Waals surface area contributed by atoms with E-state index < -0.39 is 0 Å². The van der Waals surface area contributed by atoms with Crippen LogP contribution in [0.4, 0.5) is 0 Å². The van der Waals surface area contributed by atoms with Crippen LogP contribution in [0.2, 0.25) is 0 Å². The maximum Gasteiger partial charge on any atom is 0.191 e. The van der Waals surface area contributed by atoms with E-state index in [1.54, 1.807) is 0 Å². The lowest BCUT2D eigenvalue weighted by Gasteiger charge is -2.33. The van der Waals surface area contributed by atoms with Crippen LogP contribution in [0.1, 0.15) is 46.5 Å². The van der Waals surface area contributed by atoms with Gasteiger partial charge in [-0.15, -0.1) is 0 Å². The molecule has 2 aliphatic rings. The van der Waals surface area contributed by atoms with E-state index in [0.29, 0.717) is 5.92 Å². The van der Waals surface area contributed by atoms with Gasteiger partial charge in [-0.3, -0.25) is 4.99 Å². The van der Waals surface area contributed by atoms with Crippen LogP contribution < -0.4 is 10.6 Å². The zero-order valence-electron chi connectivity index (χ0n) is 18.3. The van der Waals surface area contributed by atoms with Crippen molar-refractivity contribution in [2.75, 3.05) is 72.5 Å². The summed E-state index contributed by atoms with van der Waals surface area (Å²) in [5.74, 6) is 1.58. The van der Waals surface area contributed by atoms with Gasteiger partial charge in [0, 0.05) is 64.9 Å². The van der Waals surface area contributed by atoms with Crippen LogP contribution >= 0.6 is 0 Å². The lowest BCUT2D eigenvalue weighted by Crippen LogP contribution is -2.46. The van der Waals surface area contributed by atoms with Crippen LogP contribution in [0, 0.1) is 5.92 Å². The van der Waals surface area contributed by atoms with Gasteiger partial charge in [0.15, 0.2) is 5.96 Å². The summed E-state index contributed by atoms with van der Waals surface area (Å²) >= 11 is 0. The van der Waals surface area contributed by atoms with Crippen LogP contribution in [-0.4, -0.2) is 99.2 Å². The fourth-order valence-corrected chi connectivity index (χ4v) is 4.10. The summed E-state index contributed by atoms with van der Waals surface area (Å²) in [6.07, 6.45) is 5.32. The van der Waals surface area contributed by atoms with E-state index >= 15 is 0 Å². The molecule has 2 heterocycles. The molecule has 2 aliphatic heterocycles. The van der Waals surface area contributed by atoms with Crippen LogP contribution in [-0.2, 0) is 0 Å². The number of likely N-dealkylation sites (N-methyl/N-ethyl adjacent to an activating group) is 1. The van der Waals surface area contributed by atoms with Gasteiger partial charge in [0.1, 0.15) is 0 Å². The Labute approximate surface area is 167 Å². The quantitative estimate of drug-likeness (QED) is 0.362. The normalized spacial score (nSPS) is 24.7. The van der Waals surface area contributed by atoms with E-state index in [4.69, 9.17) is 4.99 Å². The summed E-state index contributed by atoms with van der Waals surface area (Å²) in [5.41, 5.74) is 0. The molecule has 158 valence electrons. The first-order chi connectivity index (χ1) is 13.1. The first-order valence-corrected chi connectivity index (χ1v) is 11.3. The number of piperidine rings is 1. The maximum absolute atomic E-state index is 4.84. The molecule has 0 aromatic rings. The summed E-state index contributed by atoms with van der Waals surface area (Å²) in [6.45, 7) is 18.1. The third kappa shape index (κ3) is 8.79. The van der Waals surface area contributed by atoms with Gasteiger partial charge in [0.2, 0.25) is 0 Å². The Bertz CT molecular complexity index is 419.